The maximum Gasteiger partial charge on any atom is 0.223 e. The monoisotopic (exact) mass is 599 g/mol. The molecule has 12 nitrogen and oxygen atoms in total. The lowest BCUT2D eigenvalue weighted by atomic mass is 10.2. The van der Waals surface area contributed by atoms with Crippen LogP contribution in [0.25, 0.3) is 28.5 Å². The molecule has 1 unspecified atom stereocenters. The van der Waals surface area contributed by atoms with E-state index in [1.807, 2.05) is 6.92 Å². The molecule has 0 fully saturated rings. The molecule has 212 valence electrons. The molecule has 4 heterocycles. The summed E-state index contributed by atoms with van der Waals surface area (Å²) in [5.74, 6) is 0.386. The molecular weight excluding hydrogens is 577 g/mol. The van der Waals surface area contributed by atoms with E-state index in [1.165, 1.54) is 31.0 Å². The highest BCUT2D eigenvalue weighted by Crippen LogP contribution is 2.39. The van der Waals surface area contributed by atoms with Gasteiger partial charge in [-0.2, -0.15) is 0 Å². The highest BCUT2D eigenvalue weighted by molar-refractivity contribution is 7.89. The number of nitrogens with zero attached hydrogens (tertiary/aromatic N) is 6. The van der Waals surface area contributed by atoms with Crippen molar-refractivity contribution in [3.8, 4) is 34.6 Å². The Morgan fingerprint density at radius 3 is 2.32 bits per heavy atom. The first-order valence-electron chi connectivity index (χ1n) is 12.1. The number of methoxy groups -OCH3 is 2. The number of imidazole rings is 1. The molecule has 41 heavy (non-hydrogen) atoms. The molecule has 0 radical (unpaired) electrons. The van der Waals surface area contributed by atoms with Gasteiger partial charge in [-0.05, 0) is 37.3 Å². The van der Waals surface area contributed by atoms with Crippen LogP contribution in [0.3, 0.4) is 0 Å². The number of fused-ring (bicyclic) bond motifs is 1. The second-order valence-corrected chi connectivity index (χ2v) is 10.5. The predicted molar refractivity (Wildman–Crippen MR) is 148 cm³/mol. The van der Waals surface area contributed by atoms with E-state index in [0.29, 0.717) is 35.4 Å². The summed E-state index contributed by atoms with van der Waals surface area (Å²) >= 11 is 6.47. The van der Waals surface area contributed by atoms with Crippen molar-refractivity contribution < 1.29 is 27.0 Å². The van der Waals surface area contributed by atoms with Crippen LogP contribution in [0.2, 0.25) is 5.15 Å². The minimum atomic E-state index is -4.54. The highest BCUT2D eigenvalue weighted by Gasteiger charge is 2.35. The molecule has 0 saturated heterocycles. The maximum atomic E-state index is 14.8. The van der Waals surface area contributed by atoms with Crippen molar-refractivity contribution in [3.05, 3.63) is 77.1 Å². The van der Waals surface area contributed by atoms with Crippen LogP contribution in [-0.2, 0) is 10.0 Å². The molecule has 5 rings (SSSR count). The maximum absolute atomic E-state index is 14.8. The first kappa shape index (κ1) is 28.1. The van der Waals surface area contributed by atoms with Gasteiger partial charge >= 0.3 is 0 Å². The van der Waals surface area contributed by atoms with E-state index in [1.54, 1.807) is 36.4 Å². The fourth-order valence-corrected chi connectivity index (χ4v) is 5.54. The normalized spacial score (nSPS) is 12.3. The Labute approximate surface area is 239 Å². The number of hydrogen-bond acceptors (Lipinski definition) is 10. The molecule has 4 aromatic heterocycles. The molecule has 1 atom stereocenters. The molecule has 2 N–H and O–H groups in total. The second kappa shape index (κ2) is 11.2. The first-order chi connectivity index (χ1) is 19.7. The van der Waals surface area contributed by atoms with Gasteiger partial charge in [-0.1, -0.05) is 23.7 Å². The van der Waals surface area contributed by atoms with Crippen LogP contribution in [0.5, 0.6) is 17.4 Å². The number of nitrogens with two attached hydrogens (primary N) is 1. The number of hydrogen-bond donors (Lipinski definition) is 1. The Hall–Kier alpha value is -4.40. The van der Waals surface area contributed by atoms with Crippen molar-refractivity contribution in [2.75, 3.05) is 20.8 Å². The van der Waals surface area contributed by atoms with Crippen molar-refractivity contribution in [3.63, 3.8) is 0 Å². The van der Waals surface area contributed by atoms with Gasteiger partial charge in [-0.3, -0.25) is 9.55 Å². The van der Waals surface area contributed by atoms with E-state index in [-0.39, 0.29) is 28.0 Å². The van der Waals surface area contributed by atoms with Crippen molar-refractivity contribution in [1.29, 1.82) is 0 Å². The molecule has 0 spiro atoms. The highest BCUT2D eigenvalue weighted by atomic mass is 35.5. The summed E-state index contributed by atoms with van der Waals surface area (Å²) < 4.78 is 58.8. The van der Waals surface area contributed by atoms with Crippen LogP contribution in [0.4, 0.5) is 4.39 Å². The van der Waals surface area contributed by atoms with E-state index in [2.05, 4.69) is 24.9 Å². The lowest BCUT2D eigenvalue weighted by Crippen LogP contribution is -2.26. The smallest absolute Gasteiger partial charge is 0.223 e. The van der Waals surface area contributed by atoms with E-state index < -0.39 is 26.8 Å². The largest absolute Gasteiger partial charge is 0.494 e. The number of para-hydroxylation sites is 1. The molecule has 1 aromatic carbocycles. The standard InChI is InChI=1S/C26H23ClFN7O5S/c1-4-40-18-12-5-9-15(31-18)25-34-24-26(35(25)21-16(38-2)10-6-11-17(21)39-3)32-20(23(27)33-24)22(41(29,36)37)19-14(28)8-7-13-30-19/h5-13,22H,4H2,1-3H3,(H2,29,36,37). The summed E-state index contributed by atoms with van der Waals surface area (Å²) in [4.78, 5) is 22.0. The summed E-state index contributed by atoms with van der Waals surface area (Å²) in [6.07, 6.45) is 1.23. The molecular formula is C26H23ClFN7O5S. The summed E-state index contributed by atoms with van der Waals surface area (Å²) in [6, 6.07) is 12.6. The van der Waals surface area contributed by atoms with Gasteiger partial charge in [0.05, 0.1) is 20.8 Å². The van der Waals surface area contributed by atoms with E-state index in [4.69, 9.17) is 31.0 Å². The number of aromatic nitrogens is 6. The van der Waals surface area contributed by atoms with Crippen molar-refractivity contribution in [2.45, 2.75) is 12.2 Å². The number of sulfonamides is 1. The Morgan fingerprint density at radius 1 is 0.976 bits per heavy atom. The van der Waals surface area contributed by atoms with E-state index in [0.717, 1.165) is 6.07 Å². The summed E-state index contributed by atoms with van der Waals surface area (Å²) in [5.41, 5.74) is -0.0528. The third-order valence-electron chi connectivity index (χ3n) is 5.96. The number of ether oxygens (including phenoxy) is 3. The van der Waals surface area contributed by atoms with Crippen molar-refractivity contribution in [2.24, 2.45) is 5.14 Å². The van der Waals surface area contributed by atoms with Gasteiger partial charge in [0, 0.05) is 12.3 Å². The van der Waals surface area contributed by atoms with Gasteiger partial charge in [-0.25, -0.2) is 37.9 Å². The second-order valence-electron chi connectivity index (χ2n) is 8.46. The molecule has 0 aliphatic rings. The van der Waals surface area contributed by atoms with Crippen LogP contribution in [-0.4, -0.2) is 58.7 Å². The molecule has 0 saturated carbocycles. The molecule has 15 heteroatoms. The molecule has 0 bridgehead atoms. The molecule has 0 aliphatic heterocycles. The number of primary sulfonamides is 1. The predicted octanol–water partition coefficient (Wildman–Crippen LogP) is 3.86. The summed E-state index contributed by atoms with van der Waals surface area (Å²) in [5, 5.41) is 3.32. The first-order valence-corrected chi connectivity index (χ1v) is 14.1. The number of rotatable bonds is 9. The Kier molecular flexibility index (Phi) is 7.71. The third kappa shape index (κ3) is 5.24. The van der Waals surface area contributed by atoms with Crippen LogP contribution in [0.15, 0.2) is 54.7 Å². The van der Waals surface area contributed by atoms with Gasteiger partial charge in [-0.15, -0.1) is 0 Å². The SMILES string of the molecule is CCOc1cccc(-c2nc3nc(Cl)c(C(c4ncccc4F)S(N)(=O)=O)nc3n2-c2c(OC)cccc2OC)n1. The van der Waals surface area contributed by atoms with Crippen molar-refractivity contribution >= 4 is 32.9 Å². The van der Waals surface area contributed by atoms with Crippen molar-refractivity contribution in [1.82, 2.24) is 29.5 Å². The van der Waals surface area contributed by atoms with Gasteiger partial charge in [0.1, 0.15) is 40.1 Å². The minimum Gasteiger partial charge on any atom is -0.494 e. The summed E-state index contributed by atoms with van der Waals surface area (Å²) in [7, 11) is -1.60. The zero-order valence-electron chi connectivity index (χ0n) is 21.9. The fourth-order valence-electron chi connectivity index (χ4n) is 4.29. The Morgan fingerprint density at radius 2 is 1.68 bits per heavy atom. The number of pyridine rings is 2. The lowest BCUT2D eigenvalue weighted by molar-refractivity contribution is 0.327. The molecule has 0 aliphatic carbocycles. The topological polar surface area (TPSA) is 157 Å². The lowest BCUT2D eigenvalue weighted by Gasteiger charge is -2.18. The van der Waals surface area contributed by atoms with Gasteiger partial charge in [0.25, 0.3) is 0 Å². The number of benzene rings is 1. The Bertz CT molecular complexity index is 1850. The van der Waals surface area contributed by atoms with Gasteiger partial charge in [0.2, 0.25) is 15.9 Å². The van der Waals surface area contributed by atoms with Crippen LogP contribution >= 0.6 is 11.6 Å². The average Bonchev–Trinajstić information content (AvgIpc) is 3.31. The zero-order chi connectivity index (χ0) is 29.3. The number of halogens is 2. The van der Waals surface area contributed by atoms with E-state index in [9.17, 15) is 12.8 Å². The molecule has 5 aromatic rings. The van der Waals surface area contributed by atoms with Gasteiger partial charge < -0.3 is 14.2 Å². The summed E-state index contributed by atoms with van der Waals surface area (Å²) in [6.45, 7) is 2.21. The molecule has 0 amide bonds. The average molecular weight is 600 g/mol. The van der Waals surface area contributed by atoms with Crippen LogP contribution in [0.1, 0.15) is 23.6 Å². The minimum absolute atomic E-state index is 0.0278. The Balaban J connectivity index is 1.90. The fraction of sp³-hybridized carbons (Fsp3) is 0.192. The van der Waals surface area contributed by atoms with Crippen LogP contribution in [0, 0.1) is 5.82 Å². The van der Waals surface area contributed by atoms with Gasteiger partial charge in [0.15, 0.2) is 27.5 Å². The van der Waals surface area contributed by atoms with E-state index >= 15 is 0 Å². The quantitative estimate of drug-likeness (QED) is 0.264. The zero-order valence-corrected chi connectivity index (χ0v) is 23.5. The third-order valence-corrected chi connectivity index (χ3v) is 7.34. The van der Waals surface area contributed by atoms with Crippen LogP contribution < -0.4 is 19.3 Å².